The molecule has 2 atom stereocenters. The standard InChI is InChI=1S/C21H33N3O.2ClH/c1-3-21(4-2,15-22)20(25)23-17-12-18-10-11-19(13-17)24(18)14-16-8-6-5-7-9-16;;/h5-9,17-19H,3-4,10-15,22H2,1-2H3,(H,23,25);2*1H. The first-order valence-electron chi connectivity index (χ1n) is 9.92. The third kappa shape index (κ3) is 5.17. The zero-order valence-corrected chi connectivity index (χ0v) is 18.2. The summed E-state index contributed by atoms with van der Waals surface area (Å²) in [7, 11) is 0. The summed E-state index contributed by atoms with van der Waals surface area (Å²) in [4.78, 5) is 15.5. The summed E-state index contributed by atoms with van der Waals surface area (Å²) < 4.78 is 0. The molecule has 2 heterocycles. The van der Waals surface area contributed by atoms with E-state index in [1.54, 1.807) is 0 Å². The molecule has 3 N–H and O–H groups in total. The second kappa shape index (κ2) is 10.7. The number of carbonyl (C=O) groups excluding carboxylic acids is 1. The lowest BCUT2D eigenvalue weighted by Gasteiger charge is -2.40. The highest BCUT2D eigenvalue weighted by atomic mass is 35.5. The summed E-state index contributed by atoms with van der Waals surface area (Å²) >= 11 is 0. The van der Waals surface area contributed by atoms with Crippen LogP contribution in [0.4, 0.5) is 0 Å². The Labute approximate surface area is 176 Å². The molecule has 2 aliphatic heterocycles. The molecule has 27 heavy (non-hydrogen) atoms. The fourth-order valence-electron chi connectivity index (χ4n) is 4.74. The van der Waals surface area contributed by atoms with Gasteiger partial charge in [0.2, 0.25) is 5.91 Å². The van der Waals surface area contributed by atoms with Crippen molar-refractivity contribution >= 4 is 30.7 Å². The predicted octanol–water partition coefficient (Wildman–Crippen LogP) is 3.91. The third-order valence-corrected chi connectivity index (χ3v) is 6.65. The molecule has 0 spiro atoms. The van der Waals surface area contributed by atoms with Gasteiger partial charge in [-0.3, -0.25) is 9.69 Å². The number of piperidine rings is 1. The van der Waals surface area contributed by atoms with Gasteiger partial charge < -0.3 is 11.1 Å². The van der Waals surface area contributed by atoms with Gasteiger partial charge in [-0.1, -0.05) is 44.2 Å². The van der Waals surface area contributed by atoms with Crippen molar-refractivity contribution in [2.75, 3.05) is 6.54 Å². The topological polar surface area (TPSA) is 58.4 Å². The van der Waals surface area contributed by atoms with Crippen LogP contribution in [-0.4, -0.2) is 35.5 Å². The molecular weight excluding hydrogens is 381 g/mol. The van der Waals surface area contributed by atoms with E-state index in [0.29, 0.717) is 24.7 Å². The average molecular weight is 416 g/mol. The fraction of sp³-hybridized carbons (Fsp3) is 0.667. The van der Waals surface area contributed by atoms with E-state index in [1.807, 2.05) is 0 Å². The van der Waals surface area contributed by atoms with Crippen molar-refractivity contribution in [2.45, 2.75) is 77.0 Å². The molecule has 2 bridgehead atoms. The third-order valence-electron chi connectivity index (χ3n) is 6.65. The number of carbonyl (C=O) groups is 1. The quantitative estimate of drug-likeness (QED) is 0.709. The Balaban J connectivity index is 0.00000182. The van der Waals surface area contributed by atoms with E-state index >= 15 is 0 Å². The van der Waals surface area contributed by atoms with Gasteiger partial charge in [0.05, 0.1) is 5.41 Å². The van der Waals surface area contributed by atoms with Gasteiger partial charge in [-0.2, -0.15) is 0 Å². The van der Waals surface area contributed by atoms with Crippen LogP contribution in [-0.2, 0) is 11.3 Å². The largest absolute Gasteiger partial charge is 0.353 e. The van der Waals surface area contributed by atoms with Crippen LogP contribution in [0, 0.1) is 5.41 Å². The molecule has 1 aromatic rings. The van der Waals surface area contributed by atoms with Crippen LogP contribution in [0.2, 0.25) is 0 Å². The molecule has 0 aliphatic carbocycles. The number of amides is 1. The van der Waals surface area contributed by atoms with Crippen molar-refractivity contribution in [3.63, 3.8) is 0 Å². The number of halogens is 2. The van der Waals surface area contributed by atoms with E-state index < -0.39 is 0 Å². The molecule has 154 valence electrons. The Morgan fingerprint density at radius 2 is 1.67 bits per heavy atom. The van der Waals surface area contributed by atoms with Gasteiger partial charge in [0.1, 0.15) is 0 Å². The van der Waals surface area contributed by atoms with Crippen molar-refractivity contribution in [1.29, 1.82) is 0 Å². The van der Waals surface area contributed by atoms with Crippen molar-refractivity contribution in [3.8, 4) is 0 Å². The van der Waals surface area contributed by atoms with E-state index in [4.69, 9.17) is 5.73 Å². The minimum atomic E-state index is -0.389. The second-order valence-electron chi connectivity index (χ2n) is 7.88. The Hall–Kier alpha value is -0.810. The van der Waals surface area contributed by atoms with Crippen LogP contribution in [0.5, 0.6) is 0 Å². The van der Waals surface area contributed by atoms with Gasteiger partial charge >= 0.3 is 0 Å². The van der Waals surface area contributed by atoms with E-state index in [0.717, 1.165) is 32.2 Å². The monoisotopic (exact) mass is 415 g/mol. The highest BCUT2D eigenvalue weighted by Gasteiger charge is 2.42. The minimum absolute atomic E-state index is 0. The number of fused-ring (bicyclic) bond motifs is 2. The van der Waals surface area contributed by atoms with Crippen molar-refractivity contribution in [3.05, 3.63) is 35.9 Å². The summed E-state index contributed by atoms with van der Waals surface area (Å²) in [5, 5.41) is 3.35. The zero-order chi connectivity index (χ0) is 17.9. The molecule has 2 unspecified atom stereocenters. The fourth-order valence-corrected chi connectivity index (χ4v) is 4.74. The molecule has 2 aliphatic rings. The number of rotatable bonds is 7. The number of hydrogen-bond donors (Lipinski definition) is 2. The highest BCUT2D eigenvalue weighted by molar-refractivity contribution is 5.85. The first-order chi connectivity index (χ1) is 12.1. The number of nitrogens with one attached hydrogen (secondary N) is 1. The maximum atomic E-state index is 12.8. The van der Waals surface area contributed by atoms with E-state index in [9.17, 15) is 4.79 Å². The summed E-state index contributed by atoms with van der Waals surface area (Å²) in [6, 6.07) is 12.2. The van der Waals surface area contributed by atoms with Gasteiger partial charge in [0, 0.05) is 31.2 Å². The molecule has 2 fully saturated rings. The maximum Gasteiger partial charge on any atom is 0.227 e. The van der Waals surface area contributed by atoms with Gasteiger partial charge in [-0.25, -0.2) is 0 Å². The first kappa shape index (κ1) is 24.2. The Kier molecular flexibility index (Phi) is 9.56. The zero-order valence-electron chi connectivity index (χ0n) is 16.5. The van der Waals surface area contributed by atoms with Gasteiger partial charge in [-0.05, 0) is 44.1 Å². The maximum absolute atomic E-state index is 12.8. The number of benzene rings is 1. The molecule has 4 nitrogen and oxygen atoms in total. The van der Waals surface area contributed by atoms with Crippen molar-refractivity contribution < 1.29 is 4.79 Å². The highest BCUT2D eigenvalue weighted by Crippen LogP contribution is 2.37. The molecular formula is C21H35Cl2N3O. The van der Waals surface area contributed by atoms with Crippen molar-refractivity contribution in [2.24, 2.45) is 11.1 Å². The first-order valence-corrected chi connectivity index (χ1v) is 9.92. The average Bonchev–Trinajstić information content (AvgIpc) is 2.87. The number of hydrogen-bond acceptors (Lipinski definition) is 3. The molecule has 6 heteroatoms. The lowest BCUT2D eigenvalue weighted by molar-refractivity contribution is -0.132. The SMILES string of the molecule is CCC(CC)(CN)C(=O)NC1CC2CCC(C1)N2Cc1ccccc1.Cl.Cl. The van der Waals surface area contributed by atoms with Gasteiger partial charge in [0.25, 0.3) is 0 Å². The molecule has 0 saturated carbocycles. The minimum Gasteiger partial charge on any atom is -0.353 e. The van der Waals surface area contributed by atoms with Crippen LogP contribution >= 0.6 is 24.8 Å². The molecule has 2 saturated heterocycles. The molecule has 0 radical (unpaired) electrons. The van der Waals surface area contributed by atoms with Crippen LogP contribution in [0.1, 0.15) is 57.9 Å². The molecule has 3 rings (SSSR count). The van der Waals surface area contributed by atoms with Crippen LogP contribution < -0.4 is 11.1 Å². The van der Waals surface area contributed by atoms with E-state index in [1.165, 1.54) is 18.4 Å². The predicted molar refractivity (Wildman–Crippen MR) is 117 cm³/mol. The van der Waals surface area contributed by atoms with E-state index in [-0.39, 0.29) is 36.1 Å². The van der Waals surface area contributed by atoms with Gasteiger partial charge in [-0.15, -0.1) is 24.8 Å². The van der Waals surface area contributed by atoms with Crippen molar-refractivity contribution in [1.82, 2.24) is 10.2 Å². The smallest absolute Gasteiger partial charge is 0.227 e. The summed E-state index contributed by atoms with van der Waals surface area (Å²) in [5.74, 6) is 0.168. The second-order valence-corrected chi connectivity index (χ2v) is 7.88. The Morgan fingerprint density at radius 1 is 1.11 bits per heavy atom. The number of nitrogens with two attached hydrogens (primary N) is 1. The number of nitrogens with zero attached hydrogens (tertiary/aromatic N) is 1. The molecule has 0 aromatic heterocycles. The Bertz CT molecular complexity index is 558. The lowest BCUT2D eigenvalue weighted by atomic mass is 9.81. The van der Waals surface area contributed by atoms with Crippen LogP contribution in [0.15, 0.2) is 30.3 Å². The molecule has 1 aromatic carbocycles. The molecule has 1 amide bonds. The lowest BCUT2D eigenvalue weighted by Crippen LogP contribution is -2.54. The van der Waals surface area contributed by atoms with Gasteiger partial charge in [0.15, 0.2) is 0 Å². The van der Waals surface area contributed by atoms with Crippen LogP contribution in [0.3, 0.4) is 0 Å². The van der Waals surface area contributed by atoms with Crippen LogP contribution in [0.25, 0.3) is 0 Å². The summed E-state index contributed by atoms with van der Waals surface area (Å²) in [5.41, 5.74) is 6.94. The summed E-state index contributed by atoms with van der Waals surface area (Å²) in [6.07, 6.45) is 6.28. The summed E-state index contributed by atoms with van der Waals surface area (Å²) in [6.45, 7) is 5.61. The van der Waals surface area contributed by atoms with E-state index in [2.05, 4.69) is 54.4 Å². The normalized spacial score (nSPS) is 24.6. The Morgan fingerprint density at radius 3 is 2.15 bits per heavy atom.